The average Bonchev–Trinajstić information content (AvgIpc) is 2.98. The van der Waals surface area contributed by atoms with E-state index in [1.807, 2.05) is 59.7 Å². The average molecular weight is 285 g/mol. The molecule has 6 heteroatoms. The van der Waals surface area contributed by atoms with E-state index in [0.29, 0.717) is 11.3 Å². The highest BCUT2D eigenvalue weighted by atomic mass is 32.1. The molecule has 3 aromatic rings. The molecule has 0 saturated heterocycles. The highest BCUT2D eigenvalue weighted by Crippen LogP contribution is 2.18. The Bertz CT molecular complexity index is 782. The molecule has 2 aromatic heterocycles. The zero-order valence-corrected chi connectivity index (χ0v) is 12.2. The zero-order valence-electron chi connectivity index (χ0n) is 11.4. The molecule has 102 valence electrons. The third-order valence-electron chi connectivity index (χ3n) is 3.46. The van der Waals surface area contributed by atoms with E-state index in [2.05, 4.69) is 15.3 Å². The Kier molecular flexibility index (Phi) is 3.23. The summed E-state index contributed by atoms with van der Waals surface area (Å²) >= 11 is 5.34. The van der Waals surface area contributed by atoms with Crippen molar-refractivity contribution in [2.24, 2.45) is 7.05 Å². The van der Waals surface area contributed by atoms with Crippen LogP contribution in [0.2, 0.25) is 0 Å². The minimum atomic E-state index is 0.618. The summed E-state index contributed by atoms with van der Waals surface area (Å²) in [6.07, 6.45) is 1.87. The van der Waals surface area contributed by atoms with Gasteiger partial charge in [-0.2, -0.15) is 10.2 Å². The van der Waals surface area contributed by atoms with E-state index < -0.39 is 0 Å². The quantitative estimate of drug-likeness (QED) is 0.753. The van der Waals surface area contributed by atoms with Gasteiger partial charge in [0.05, 0.1) is 12.7 Å². The van der Waals surface area contributed by atoms with Crippen LogP contribution in [-0.4, -0.2) is 24.5 Å². The molecule has 0 atom stereocenters. The van der Waals surface area contributed by atoms with Crippen molar-refractivity contribution in [3.8, 4) is 11.4 Å². The Morgan fingerprint density at radius 3 is 2.65 bits per heavy atom. The topological polar surface area (TPSA) is 51.4 Å². The molecular weight excluding hydrogens is 270 g/mol. The van der Waals surface area contributed by atoms with Gasteiger partial charge in [-0.05, 0) is 19.1 Å². The number of aromatic nitrogens is 5. The summed E-state index contributed by atoms with van der Waals surface area (Å²) in [5.41, 5.74) is 3.32. The molecule has 0 fully saturated rings. The highest BCUT2D eigenvalue weighted by molar-refractivity contribution is 7.71. The third-order valence-corrected chi connectivity index (χ3v) is 3.77. The van der Waals surface area contributed by atoms with Crippen molar-refractivity contribution in [3.05, 3.63) is 52.6 Å². The van der Waals surface area contributed by atoms with Crippen molar-refractivity contribution in [1.29, 1.82) is 0 Å². The number of benzene rings is 1. The predicted octanol–water partition coefficient (Wildman–Crippen LogP) is 2.70. The van der Waals surface area contributed by atoms with Gasteiger partial charge in [-0.1, -0.05) is 30.3 Å². The molecular formula is C14H15N5S. The standard InChI is InChI=1S/C14H15N5S/c1-10-12(8-15-18(10)2)9-19-13(16-17-14(19)20)11-6-4-3-5-7-11/h3-8H,9H2,1-2H3,(H,17,20). The van der Waals surface area contributed by atoms with Gasteiger partial charge < -0.3 is 0 Å². The first-order valence-electron chi connectivity index (χ1n) is 6.35. The maximum Gasteiger partial charge on any atom is 0.195 e. The molecule has 20 heavy (non-hydrogen) atoms. The second-order valence-corrected chi connectivity index (χ2v) is 5.07. The monoisotopic (exact) mass is 285 g/mol. The zero-order chi connectivity index (χ0) is 14.1. The fraction of sp³-hybridized carbons (Fsp3) is 0.214. The summed E-state index contributed by atoms with van der Waals surface area (Å²) < 4.78 is 4.47. The Hall–Kier alpha value is -2.21. The molecule has 5 nitrogen and oxygen atoms in total. The van der Waals surface area contributed by atoms with Crippen LogP contribution in [0.15, 0.2) is 36.5 Å². The van der Waals surface area contributed by atoms with E-state index in [9.17, 15) is 0 Å². The lowest BCUT2D eigenvalue weighted by molar-refractivity contribution is 0.730. The molecule has 0 aliphatic rings. The van der Waals surface area contributed by atoms with Gasteiger partial charge in [0.2, 0.25) is 0 Å². The Morgan fingerprint density at radius 1 is 1.25 bits per heavy atom. The summed E-state index contributed by atoms with van der Waals surface area (Å²) in [5, 5.41) is 11.5. The van der Waals surface area contributed by atoms with E-state index in [1.165, 1.54) is 0 Å². The number of nitrogens with zero attached hydrogens (tertiary/aromatic N) is 4. The van der Waals surface area contributed by atoms with Crippen molar-refractivity contribution >= 4 is 12.2 Å². The first-order chi connectivity index (χ1) is 9.66. The second-order valence-electron chi connectivity index (χ2n) is 4.68. The Morgan fingerprint density at radius 2 is 2.00 bits per heavy atom. The van der Waals surface area contributed by atoms with E-state index in [1.54, 1.807) is 0 Å². The summed E-state index contributed by atoms with van der Waals surface area (Å²) in [5.74, 6) is 0.846. The van der Waals surface area contributed by atoms with Gasteiger partial charge in [0.25, 0.3) is 0 Å². The highest BCUT2D eigenvalue weighted by Gasteiger charge is 2.11. The van der Waals surface area contributed by atoms with E-state index >= 15 is 0 Å². The molecule has 0 amide bonds. The maximum atomic E-state index is 5.34. The molecule has 0 spiro atoms. The van der Waals surface area contributed by atoms with Crippen LogP contribution in [0.25, 0.3) is 11.4 Å². The first-order valence-corrected chi connectivity index (χ1v) is 6.75. The van der Waals surface area contributed by atoms with E-state index in [-0.39, 0.29) is 0 Å². The van der Waals surface area contributed by atoms with E-state index in [4.69, 9.17) is 12.2 Å². The van der Waals surface area contributed by atoms with Crippen LogP contribution in [-0.2, 0) is 13.6 Å². The normalized spacial score (nSPS) is 10.9. The number of aromatic amines is 1. The lowest BCUT2D eigenvalue weighted by atomic mass is 10.2. The van der Waals surface area contributed by atoms with Crippen molar-refractivity contribution in [2.75, 3.05) is 0 Å². The summed E-state index contributed by atoms with van der Waals surface area (Å²) in [6.45, 7) is 2.72. The second kappa shape index (κ2) is 5.05. The molecule has 2 heterocycles. The number of hydrogen-bond acceptors (Lipinski definition) is 3. The molecule has 0 aliphatic carbocycles. The number of H-pyrrole nitrogens is 1. The first kappa shape index (κ1) is 12.8. The molecule has 3 rings (SSSR count). The van der Waals surface area contributed by atoms with Gasteiger partial charge in [-0.3, -0.25) is 14.3 Å². The van der Waals surface area contributed by atoms with Crippen LogP contribution in [0.5, 0.6) is 0 Å². The molecule has 0 unspecified atom stereocenters. The van der Waals surface area contributed by atoms with Crippen LogP contribution in [0.3, 0.4) is 0 Å². The SMILES string of the molecule is Cc1c(Cn2c(-c3ccccc3)n[nH]c2=S)cnn1C. The van der Waals surface area contributed by atoms with Crippen molar-refractivity contribution in [3.63, 3.8) is 0 Å². The van der Waals surface area contributed by atoms with Crippen LogP contribution >= 0.6 is 12.2 Å². The molecule has 0 radical (unpaired) electrons. The van der Waals surface area contributed by atoms with Crippen molar-refractivity contribution in [2.45, 2.75) is 13.5 Å². The van der Waals surface area contributed by atoms with Gasteiger partial charge in [0.1, 0.15) is 0 Å². The van der Waals surface area contributed by atoms with Gasteiger partial charge in [-0.15, -0.1) is 0 Å². The molecule has 0 saturated carbocycles. The number of aryl methyl sites for hydroxylation is 1. The fourth-order valence-corrected chi connectivity index (χ4v) is 2.34. The Labute approximate surface area is 121 Å². The summed E-state index contributed by atoms with van der Waals surface area (Å²) in [4.78, 5) is 0. The molecule has 0 bridgehead atoms. The predicted molar refractivity (Wildman–Crippen MR) is 79.9 cm³/mol. The number of hydrogen-bond donors (Lipinski definition) is 1. The summed E-state index contributed by atoms with van der Waals surface area (Å²) in [6, 6.07) is 10.0. The van der Waals surface area contributed by atoms with Crippen molar-refractivity contribution in [1.82, 2.24) is 24.5 Å². The lowest BCUT2D eigenvalue weighted by Crippen LogP contribution is -2.04. The molecule has 1 N–H and O–H groups in total. The van der Waals surface area contributed by atoms with Crippen LogP contribution < -0.4 is 0 Å². The minimum Gasteiger partial charge on any atom is -0.296 e. The minimum absolute atomic E-state index is 0.618. The lowest BCUT2D eigenvalue weighted by Gasteiger charge is -2.06. The van der Waals surface area contributed by atoms with Crippen molar-refractivity contribution < 1.29 is 0 Å². The van der Waals surface area contributed by atoms with Crippen LogP contribution in [0.1, 0.15) is 11.3 Å². The largest absolute Gasteiger partial charge is 0.296 e. The van der Waals surface area contributed by atoms with Crippen LogP contribution in [0, 0.1) is 11.7 Å². The van der Waals surface area contributed by atoms with E-state index in [0.717, 1.165) is 22.6 Å². The van der Waals surface area contributed by atoms with Gasteiger partial charge >= 0.3 is 0 Å². The van der Waals surface area contributed by atoms with Gasteiger partial charge in [0.15, 0.2) is 10.6 Å². The molecule has 1 aromatic carbocycles. The van der Waals surface area contributed by atoms with Gasteiger partial charge in [-0.25, -0.2) is 0 Å². The third kappa shape index (κ3) is 2.18. The Balaban J connectivity index is 2.04. The fourth-order valence-electron chi connectivity index (χ4n) is 2.14. The maximum absolute atomic E-state index is 5.34. The van der Waals surface area contributed by atoms with Gasteiger partial charge in [0, 0.05) is 23.9 Å². The number of rotatable bonds is 3. The molecule has 0 aliphatic heterocycles. The van der Waals surface area contributed by atoms with Crippen LogP contribution in [0.4, 0.5) is 0 Å². The smallest absolute Gasteiger partial charge is 0.195 e. The summed E-state index contributed by atoms with van der Waals surface area (Å²) in [7, 11) is 1.94. The number of nitrogens with one attached hydrogen (secondary N) is 1.